The molecule has 0 unspecified atom stereocenters. The van der Waals surface area contributed by atoms with Gasteiger partial charge in [-0.3, -0.25) is 4.68 Å². The second-order valence-electron chi connectivity index (χ2n) is 2.29. The molecule has 0 radical (unpaired) electrons. The largest absolute Gasteiger partial charge is 0.264 e. The summed E-state index contributed by atoms with van der Waals surface area (Å²) in [6.45, 7) is 0. The first-order valence-corrected chi connectivity index (χ1v) is 4.36. The van der Waals surface area contributed by atoms with Gasteiger partial charge < -0.3 is 0 Å². The second kappa shape index (κ2) is 2.67. The molecule has 0 N–H and O–H groups in total. The predicted molar refractivity (Wildman–Crippen MR) is 49.0 cm³/mol. The summed E-state index contributed by atoms with van der Waals surface area (Å²) in [5, 5.41) is 4.34. The lowest BCUT2D eigenvalue weighted by Gasteiger charge is -1.91. The van der Waals surface area contributed by atoms with Gasteiger partial charge in [0.05, 0.1) is 6.20 Å². The molecular weight excluding hydrogens is 243 g/mol. The minimum absolute atomic E-state index is 0.233. The number of aromatic nitrogens is 4. The Morgan fingerprint density at radius 1 is 1.58 bits per heavy atom. The molecule has 2 aromatic rings. The zero-order valence-electron chi connectivity index (χ0n) is 6.12. The highest BCUT2D eigenvalue weighted by Crippen LogP contribution is 2.20. The molecule has 0 saturated heterocycles. The maximum Gasteiger partial charge on any atom is 0.223 e. The van der Waals surface area contributed by atoms with E-state index in [2.05, 4.69) is 31.0 Å². The van der Waals surface area contributed by atoms with E-state index in [1.165, 1.54) is 0 Å². The van der Waals surface area contributed by atoms with E-state index in [9.17, 15) is 0 Å². The standard InChI is InChI=1S/C6H4BrClN4/c1-12-3-2-9-6(8)10-4(3)5(7)11-12/h2H,1H3. The van der Waals surface area contributed by atoms with Gasteiger partial charge in [-0.2, -0.15) is 5.10 Å². The lowest BCUT2D eigenvalue weighted by molar-refractivity contribution is 0.787. The Balaban J connectivity index is 2.90. The number of aryl methyl sites for hydroxylation is 1. The minimum atomic E-state index is 0.233. The quantitative estimate of drug-likeness (QED) is 0.667. The topological polar surface area (TPSA) is 43.6 Å². The average Bonchev–Trinajstić information content (AvgIpc) is 2.28. The van der Waals surface area contributed by atoms with Crippen molar-refractivity contribution >= 4 is 38.6 Å². The van der Waals surface area contributed by atoms with Crippen molar-refractivity contribution in [2.24, 2.45) is 7.05 Å². The Morgan fingerprint density at radius 2 is 2.33 bits per heavy atom. The molecule has 0 atom stereocenters. The van der Waals surface area contributed by atoms with Crippen LogP contribution in [0.15, 0.2) is 10.8 Å². The third-order valence-electron chi connectivity index (χ3n) is 1.52. The molecule has 0 aliphatic rings. The van der Waals surface area contributed by atoms with Crippen LogP contribution < -0.4 is 0 Å². The first-order valence-electron chi connectivity index (χ1n) is 3.19. The Labute approximate surface area is 81.7 Å². The SMILES string of the molecule is Cn1nc(Br)c2nc(Cl)ncc21. The van der Waals surface area contributed by atoms with Crippen LogP contribution in [0.1, 0.15) is 0 Å². The number of fused-ring (bicyclic) bond motifs is 1. The van der Waals surface area contributed by atoms with Crippen LogP contribution in [0.2, 0.25) is 5.28 Å². The van der Waals surface area contributed by atoms with Crippen molar-refractivity contribution in [1.29, 1.82) is 0 Å². The van der Waals surface area contributed by atoms with E-state index >= 15 is 0 Å². The van der Waals surface area contributed by atoms with E-state index in [1.807, 2.05) is 7.05 Å². The van der Waals surface area contributed by atoms with Gasteiger partial charge in [0.15, 0.2) is 4.60 Å². The smallest absolute Gasteiger partial charge is 0.223 e. The third kappa shape index (κ3) is 1.09. The van der Waals surface area contributed by atoms with Gasteiger partial charge in [0.1, 0.15) is 11.0 Å². The maximum absolute atomic E-state index is 5.62. The number of rotatable bonds is 0. The number of halogens is 2. The van der Waals surface area contributed by atoms with Gasteiger partial charge in [-0.15, -0.1) is 0 Å². The fraction of sp³-hybridized carbons (Fsp3) is 0.167. The van der Waals surface area contributed by atoms with Crippen molar-refractivity contribution in [2.45, 2.75) is 0 Å². The van der Waals surface area contributed by atoms with Crippen LogP contribution >= 0.6 is 27.5 Å². The van der Waals surface area contributed by atoms with E-state index in [4.69, 9.17) is 11.6 Å². The molecule has 0 spiro atoms. The van der Waals surface area contributed by atoms with E-state index in [-0.39, 0.29) is 5.28 Å². The van der Waals surface area contributed by atoms with E-state index in [1.54, 1.807) is 10.9 Å². The zero-order chi connectivity index (χ0) is 8.72. The minimum Gasteiger partial charge on any atom is -0.264 e. The molecule has 0 aliphatic carbocycles. The van der Waals surface area contributed by atoms with Crippen LogP contribution in [0.4, 0.5) is 0 Å². The van der Waals surface area contributed by atoms with Crippen LogP contribution in [0.25, 0.3) is 11.0 Å². The highest BCUT2D eigenvalue weighted by molar-refractivity contribution is 9.10. The highest BCUT2D eigenvalue weighted by Gasteiger charge is 2.07. The molecule has 2 heterocycles. The molecule has 2 aromatic heterocycles. The molecular formula is C6H4BrClN4. The van der Waals surface area contributed by atoms with Gasteiger partial charge in [-0.05, 0) is 27.5 Å². The van der Waals surface area contributed by atoms with Crippen LogP contribution in [0.5, 0.6) is 0 Å². The van der Waals surface area contributed by atoms with E-state index < -0.39 is 0 Å². The Kier molecular flexibility index (Phi) is 1.77. The first-order chi connectivity index (χ1) is 5.68. The van der Waals surface area contributed by atoms with Crippen molar-refractivity contribution in [3.8, 4) is 0 Å². The monoisotopic (exact) mass is 246 g/mol. The zero-order valence-corrected chi connectivity index (χ0v) is 8.46. The fourth-order valence-corrected chi connectivity index (χ4v) is 1.64. The van der Waals surface area contributed by atoms with Crippen molar-refractivity contribution < 1.29 is 0 Å². The molecule has 12 heavy (non-hydrogen) atoms. The summed E-state index contributed by atoms with van der Waals surface area (Å²) in [6.07, 6.45) is 1.64. The summed E-state index contributed by atoms with van der Waals surface area (Å²) in [7, 11) is 1.82. The molecule has 0 aliphatic heterocycles. The van der Waals surface area contributed by atoms with Crippen LogP contribution in [0, 0.1) is 0 Å². The van der Waals surface area contributed by atoms with Crippen molar-refractivity contribution in [3.05, 3.63) is 16.1 Å². The van der Waals surface area contributed by atoms with Crippen molar-refractivity contribution in [1.82, 2.24) is 19.7 Å². The van der Waals surface area contributed by atoms with E-state index in [0.717, 1.165) is 11.0 Å². The van der Waals surface area contributed by atoms with E-state index in [0.29, 0.717) is 4.60 Å². The second-order valence-corrected chi connectivity index (χ2v) is 3.38. The number of hydrogen-bond donors (Lipinski definition) is 0. The van der Waals surface area contributed by atoms with Crippen molar-refractivity contribution in [2.75, 3.05) is 0 Å². The number of nitrogens with zero attached hydrogens (tertiary/aromatic N) is 4. The summed E-state index contributed by atoms with van der Waals surface area (Å²) in [5.41, 5.74) is 1.59. The summed E-state index contributed by atoms with van der Waals surface area (Å²) in [5.74, 6) is 0. The molecule has 0 aromatic carbocycles. The molecule has 62 valence electrons. The summed E-state index contributed by atoms with van der Waals surface area (Å²) in [6, 6.07) is 0. The van der Waals surface area contributed by atoms with Crippen LogP contribution in [0.3, 0.4) is 0 Å². The maximum atomic E-state index is 5.62. The Hall–Kier alpha value is -0.680. The predicted octanol–water partition coefficient (Wildman–Crippen LogP) is 1.78. The molecule has 4 nitrogen and oxygen atoms in total. The summed E-state index contributed by atoms with van der Waals surface area (Å²) in [4.78, 5) is 7.87. The third-order valence-corrected chi connectivity index (χ3v) is 2.24. The van der Waals surface area contributed by atoms with Crippen molar-refractivity contribution in [3.63, 3.8) is 0 Å². The Morgan fingerprint density at radius 3 is 3.08 bits per heavy atom. The fourth-order valence-electron chi connectivity index (χ4n) is 0.975. The highest BCUT2D eigenvalue weighted by atomic mass is 79.9. The van der Waals surface area contributed by atoms with Gasteiger partial charge in [0, 0.05) is 7.05 Å². The molecule has 6 heteroatoms. The van der Waals surface area contributed by atoms with Gasteiger partial charge in [-0.1, -0.05) is 0 Å². The lowest BCUT2D eigenvalue weighted by Crippen LogP contribution is -1.90. The van der Waals surface area contributed by atoms with Crippen LogP contribution in [-0.4, -0.2) is 19.7 Å². The van der Waals surface area contributed by atoms with Gasteiger partial charge in [0.2, 0.25) is 5.28 Å². The molecule has 0 fully saturated rings. The van der Waals surface area contributed by atoms with Crippen LogP contribution in [-0.2, 0) is 7.05 Å². The van der Waals surface area contributed by atoms with Gasteiger partial charge in [-0.25, -0.2) is 9.97 Å². The van der Waals surface area contributed by atoms with Gasteiger partial charge >= 0.3 is 0 Å². The molecule has 0 bridgehead atoms. The Bertz CT molecular complexity index is 438. The summed E-state index contributed by atoms with van der Waals surface area (Å²) < 4.78 is 2.37. The molecule has 2 rings (SSSR count). The average molecular weight is 247 g/mol. The number of hydrogen-bond acceptors (Lipinski definition) is 3. The normalized spacial score (nSPS) is 10.9. The molecule has 0 saturated carbocycles. The first kappa shape index (κ1) is 7.94. The summed E-state index contributed by atoms with van der Waals surface area (Å²) >= 11 is 8.89. The lowest BCUT2D eigenvalue weighted by atomic mass is 10.5. The van der Waals surface area contributed by atoms with Gasteiger partial charge in [0.25, 0.3) is 0 Å². The molecule has 0 amide bonds.